The minimum absolute atomic E-state index is 0.0231. The number of rotatable bonds is 9. The van der Waals surface area contributed by atoms with Crippen LogP contribution in [0.1, 0.15) is 0 Å². The SMILES string of the molecule is COCCNC(=O)CN(c1cccc([N+](=O)[O-])c1)S(=O)(=O)c1ccccc1. The minimum Gasteiger partial charge on any atom is -0.383 e. The number of hydrogen-bond acceptors (Lipinski definition) is 6. The van der Waals surface area contributed by atoms with Gasteiger partial charge in [-0.05, 0) is 18.2 Å². The number of carbonyl (C=O) groups excluding carboxylic acids is 1. The maximum Gasteiger partial charge on any atom is 0.271 e. The van der Waals surface area contributed by atoms with Gasteiger partial charge in [-0.2, -0.15) is 0 Å². The van der Waals surface area contributed by atoms with Crippen molar-refractivity contribution >= 4 is 27.3 Å². The van der Waals surface area contributed by atoms with Crippen LogP contribution in [-0.2, 0) is 19.6 Å². The molecule has 0 unspecified atom stereocenters. The molecule has 0 aromatic heterocycles. The first-order chi connectivity index (χ1) is 12.9. The highest BCUT2D eigenvalue weighted by molar-refractivity contribution is 7.92. The summed E-state index contributed by atoms with van der Waals surface area (Å²) in [5.74, 6) is -0.557. The number of nitro benzene ring substituents is 1. The van der Waals surface area contributed by atoms with Crippen molar-refractivity contribution in [1.82, 2.24) is 5.32 Å². The highest BCUT2D eigenvalue weighted by Crippen LogP contribution is 2.26. The van der Waals surface area contributed by atoms with Crippen LogP contribution in [-0.4, -0.2) is 46.1 Å². The highest BCUT2D eigenvalue weighted by atomic mass is 32.2. The van der Waals surface area contributed by atoms with E-state index in [1.54, 1.807) is 18.2 Å². The van der Waals surface area contributed by atoms with E-state index in [-0.39, 0.29) is 29.4 Å². The third-order valence-electron chi connectivity index (χ3n) is 3.58. The zero-order chi connectivity index (χ0) is 19.9. The van der Waals surface area contributed by atoms with Crippen LogP contribution in [0, 0.1) is 10.1 Å². The number of ether oxygens (including phenoxy) is 1. The van der Waals surface area contributed by atoms with Gasteiger partial charge in [0, 0.05) is 25.8 Å². The predicted octanol–water partition coefficient (Wildman–Crippen LogP) is 1.55. The fourth-order valence-electron chi connectivity index (χ4n) is 2.28. The normalized spacial score (nSPS) is 11.0. The molecule has 9 nitrogen and oxygen atoms in total. The number of sulfonamides is 1. The van der Waals surface area contributed by atoms with Gasteiger partial charge in [0.2, 0.25) is 5.91 Å². The molecular formula is C17H19N3O6S. The summed E-state index contributed by atoms with van der Waals surface area (Å²) in [6.45, 7) is -0.0421. The van der Waals surface area contributed by atoms with Gasteiger partial charge in [0.15, 0.2) is 0 Å². The standard InChI is InChI=1S/C17H19N3O6S/c1-26-11-10-18-17(21)13-19(14-6-5-7-15(12-14)20(22)23)27(24,25)16-8-3-2-4-9-16/h2-9,12H,10-11,13H2,1H3,(H,18,21). The topological polar surface area (TPSA) is 119 Å². The van der Waals surface area contributed by atoms with E-state index in [4.69, 9.17) is 4.74 Å². The Bertz CT molecular complexity index is 902. The zero-order valence-corrected chi connectivity index (χ0v) is 15.4. The molecule has 0 saturated heterocycles. The molecule has 1 N–H and O–H groups in total. The Kier molecular flexibility index (Phi) is 6.85. The molecule has 0 atom stereocenters. The van der Waals surface area contributed by atoms with Crippen LogP contribution < -0.4 is 9.62 Å². The lowest BCUT2D eigenvalue weighted by atomic mass is 10.3. The van der Waals surface area contributed by atoms with Gasteiger partial charge in [-0.1, -0.05) is 24.3 Å². The van der Waals surface area contributed by atoms with Crippen LogP contribution in [0.25, 0.3) is 0 Å². The summed E-state index contributed by atoms with van der Waals surface area (Å²) < 4.78 is 31.7. The van der Waals surface area contributed by atoms with E-state index in [0.717, 1.165) is 10.4 Å². The lowest BCUT2D eigenvalue weighted by Crippen LogP contribution is -2.41. The van der Waals surface area contributed by atoms with Gasteiger partial charge in [-0.3, -0.25) is 19.2 Å². The summed E-state index contributed by atoms with van der Waals surface area (Å²) in [6.07, 6.45) is 0. The van der Waals surface area contributed by atoms with Crippen molar-refractivity contribution in [3.8, 4) is 0 Å². The molecule has 1 amide bonds. The molecule has 27 heavy (non-hydrogen) atoms. The largest absolute Gasteiger partial charge is 0.383 e. The van der Waals surface area contributed by atoms with Gasteiger partial charge in [-0.25, -0.2) is 8.42 Å². The van der Waals surface area contributed by atoms with E-state index < -0.39 is 27.4 Å². The second kappa shape index (κ2) is 9.10. The third kappa shape index (κ3) is 5.25. The molecular weight excluding hydrogens is 374 g/mol. The first kappa shape index (κ1) is 20.3. The van der Waals surface area contributed by atoms with E-state index in [0.29, 0.717) is 0 Å². The Balaban J connectivity index is 2.41. The number of non-ortho nitro benzene ring substituents is 1. The number of anilines is 1. The van der Waals surface area contributed by atoms with E-state index in [9.17, 15) is 23.3 Å². The number of benzene rings is 2. The fraction of sp³-hybridized carbons (Fsp3) is 0.235. The molecule has 0 saturated carbocycles. The summed E-state index contributed by atoms with van der Waals surface area (Å²) in [5, 5.41) is 13.6. The maximum atomic E-state index is 13.0. The first-order valence-electron chi connectivity index (χ1n) is 7.94. The number of hydrogen-bond donors (Lipinski definition) is 1. The summed E-state index contributed by atoms with van der Waals surface area (Å²) in [5.41, 5.74) is -0.254. The summed E-state index contributed by atoms with van der Waals surface area (Å²) in [6, 6.07) is 12.7. The van der Waals surface area contributed by atoms with Gasteiger partial charge < -0.3 is 10.1 Å². The van der Waals surface area contributed by atoms with E-state index in [1.165, 1.54) is 37.4 Å². The molecule has 0 aliphatic rings. The van der Waals surface area contributed by atoms with Gasteiger partial charge in [0.1, 0.15) is 6.54 Å². The quantitative estimate of drug-likeness (QED) is 0.392. The van der Waals surface area contributed by atoms with Gasteiger partial charge in [0.25, 0.3) is 15.7 Å². The third-order valence-corrected chi connectivity index (χ3v) is 5.36. The van der Waals surface area contributed by atoms with Crippen LogP contribution in [0.2, 0.25) is 0 Å². The number of amides is 1. The molecule has 2 aromatic carbocycles. The molecule has 0 fully saturated rings. The second-order valence-electron chi connectivity index (χ2n) is 5.44. The Morgan fingerprint density at radius 2 is 1.89 bits per heavy atom. The number of carbonyl (C=O) groups is 1. The van der Waals surface area contributed by atoms with Crippen molar-refractivity contribution in [1.29, 1.82) is 0 Å². The van der Waals surface area contributed by atoms with Crippen LogP contribution in [0.3, 0.4) is 0 Å². The van der Waals surface area contributed by atoms with Crippen molar-refractivity contribution in [3.63, 3.8) is 0 Å². The van der Waals surface area contributed by atoms with Gasteiger partial charge in [-0.15, -0.1) is 0 Å². The molecule has 0 spiro atoms. The number of methoxy groups -OCH3 is 1. The summed E-state index contributed by atoms with van der Waals surface area (Å²) >= 11 is 0. The molecule has 0 aliphatic carbocycles. The lowest BCUT2D eigenvalue weighted by Gasteiger charge is -2.24. The minimum atomic E-state index is -4.10. The van der Waals surface area contributed by atoms with Crippen LogP contribution >= 0.6 is 0 Å². The van der Waals surface area contributed by atoms with Crippen LogP contribution in [0.5, 0.6) is 0 Å². The van der Waals surface area contributed by atoms with Crippen molar-refractivity contribution in [3.05, 3.63) is 64.7 Å². The zero-order valence-electron chi connectivity index (χ0n) is 14.6. The fourth-order valence-corrected chi connectivity index (χ4v) is 3.71. The number of nitro groups is 1. The van der Waals surface area contributed by atoms with Crippen molar-refractivity contribution in [2.75, 3.05) is 31.1 Å². The molecule has 10 heteroatoms. The molecule has 0 bridgehead atoms. The Morgan fingerprint density at radius 3 is 2.52 bits per heavy atom. The number of nitrogens with one attached hydrogen (secondary N) is 1. The van der Waals surface area contributed by atoms with Crippen molar-refractivity contribution in [2.45, 2.75) is 4.90 Å². The van der Waals surface area contributed by atoms with Crippen LogP contribution in [0.15, 0.2) is 59.5 Å². The lowest BCUT2D eigenvalue weighted by molar-refractivity contribution is -0.384. The van der Waals surface area contributed by atoms with E-state index in [1.807, 2.05) is 0 Å². The van der Waals surface area contributed by atoms with Gasteiger partial charge >= 0.3 is 0 Å². The van der Waals surface area contributed by atoms with E-state index in [2.05, 4.69) is 5.32 Å². The molecule has 2 rings (SSSR count). The maximum absolute atomic E-state index is 13.0. The molecule has 0 heterocycles. The summed E-state index contributed by atoms with van der Waals surface area (Å²) in [4.78, 5) is 22.6. The molecule has 0 aliphatic heterocycles. The first-order valence-corrected chi connectivity index (χ1v) is 9.38. The Hall–Kier alpha value is -2.98. The monoisotopic (exact) mass is 393 g/mol. The van der Waals surface area contributed by atoms with E-state index >= 15 is 0 Å². The van der Waals surface area contributed by atoms with Crippen molar-refractivity contribution < 1.29 is 22.9 Å². The average Bonchev–Trinajstić information content (AvgIpc) is 2.67. The number of nitrogens with zero attached hydrogens (tertiary/aromatic N) is 2. The average molecular weight is 393 g/mol. The Labute approximate surface area is 156 Å². The molecule has 0 radical (unpaired) electrons. The molecule has 144 valence electrons. The highest BCUT2D eigenvalue weighted by Gasteiger charge is 2.28. The van der Waals surface area contributed by atoms with Crippen LogP contribution in [0.4, 0.5) is 11.4 Å². The Morgan fingerprint density at radius 1 is 1.19 bits per heavy atom. The predicted molar refractivity (Wildman–Crippen MR) is 99.0 cm³/mol. The van der Waals surface area contributed by atoms with Gasteiger partial charge in [0.05, 0.1) is 22.1 Å². The summed E-state index contributed by atoms with van der Waals surface area (Å²) in [7, 11) is -2.63. The smallest absolute Gasteiger partial charge is 0.271 e. The molecule has 2 aromatic rings. The van der Waals surface area contributed by atoms with Crippen molar-refractivity contribution in [2.24, 2.45) is 0 Å². The second-order valence-corrected chi connectivity index (χ2v) is 7.31.